The molecule has 140 valence electrons. The van der Waals surface area contributed by atoms with Gasteiger partial charge in [0.1, 0.15) is 5.76 Å². The van der Waals surface area contributed by atoms with Gasteiger partial charge in [0.25, 0.3) is 5.91 Å². The first-order valence-electron chi connectivity index (χ1n) is 9.26. The van der Waals surface area contributed by atoms with Crippen LogP contribution in [0.4, 0.5) is 0 Å². The van der Waals surface area contributed by atoms with Gasteiger partial charge in [-0.1, -0.05) is 50.2 Å². The zero-order chi connectivity index (χ0) is 19.2. The molecule has 0 fully saturated rings. The first-order valence-corrected chi connectivity index (χ1v) is 9.26. The summed E-state index contributed by atoms with van der Waals surface area (Å²) in [7, 11) is 0. The molecule has 3 aromatic rings. The van der Waals surface area contributed by atoms with Crippen LogP contribution < -0.4 is 10.7 Å². The molecule has 27 heavy (non-hydrogen) atoms. The van der Waals surface area contributed by atoms with Crippen molar-refractivity contribution in [1.29, 1.82) is 0 Å². The highest BCUT2D eigenvalue weighted by atomic mass is 16.3. The Morgan fingerprint density at radius 2 is 1.78 bits per heavy atom. The van der Waals surface area contributed by atoms with Crippen LogP contribution in [0.25, 0.3) is 22.3 Å². The fourth-order valence-corrected chi connectivity index (χ4v) is 3.06. The lowest BCUT2D eigenvalue weighted by Gasteiger charge is -2.18. The minimum Gasteiger partial charge on any atom is -0.455 e. The topological polar surface area (TPSA) is 62.6 Å². The number of benzene rings is 2. The van der Waals surface area contributed by atoms with Crippen LogP contribution in [0.1, 0.15) is 24.2 Å². The van der Waals surface area contributed by atoms with E-state index in [1.54, 1.807) is 18.2 Å². The van der Waals surface area contributed by atoms with Gasteiger partial charge in [-0.15, -0.1) is 0 Å². The molecule has 0 saturated carbocycles. The highest BCUT2D eigenvalue weighted by Gasteiger charge is 2.15. The summed E-state index contributed by atoms with van der Waals surface area (Å²) in [6, 6.07) is 16.0. The minimum atomic E-state index is -0.235. The number of nitrogens with zero attached hydrogens (tertiary/aromatic N) is 1. The number of fused-ring (bicyclic) bond motifs is 1. The number of likely N-dealkylation sites (N-methyl/N-ethyl adjacent to an activating group) is 1. The Hall–Kier alpha value is -2.92. The van der Waals surface area contributed by atoms with E-state index in [0.29, 0.717) is 28.8 Å². The van der Waals surface area contributed by atoms with Crippen molar-refractivity contribution in [2.45, 2.75) is 13.8 Å². The number of rotatable bonds is 7. The highest BCUT2D eigenvalue weighted by Crippen LogP contribution is 2.24. The third-order valence-corrected chi connectivity index (χ3v) is 4.67. The molecule has 0 bridgehead atoms. The minimum absolute atomic E-state index is 0.159. The molecule has 0 atom stereocenters. The lowest BCUT2D eigenvalue weighted by molar-refractivity contribution is 0.0949. The summed E-state index contributed by atoms with van der Waals surface area (Å²) in [4.78, 5) is 27.4. The fourth-order valence-electron chi connectivity index (χ4n) is 3.06. The van der Waals surface area contributed by atoms with Crippen molar-refractivity contribution in [1.82, 2.24) is 10.2 Å². The van der Waals surface area contributed by atoms with Crippen LogP contribution in [0.5, 0.6) is 0 Å². The first-order chi connectivity index (χ1) is 13.1. The van der Waals surface area contributed by atoms with Crippen LogP contribution in [0.15, 0.2) is 63.8 Å². The maximum atomic E-state index is 12.7. The van der Waals surface area contributed by atoms with Gasteiger partial charge in [0.2, 0.25) is 0 Å². The van der Waals surface area contributed by atoms with Gasteiger partial charge >= 0.3 is 0 Å². The second kappa shape index (κ2) is 8.64. The molecule has 0 spiro atoms. The zero-order valence-electron chi connectivity index (χ0n) is 15.7. The predicted molar refractivity (Wildman–Crippen MR) is 108 cm³/mol. The van der Waals surface area contributed by atoms with Crippen molar-refractivity contribution >= 4 is 16.9 Å². The molecule has 1 heterocycles. The number of carbonyl (C=O) groups excluding carboxylic acids is 1. The lowest BCUT2D eigenvalue weighted by atomic mass is 10.1. The van der Waals surface area contributed by atoms with Gasteiger partial charge in [0, 0.05) is 24.7 Å². The summed E-state index contributed by atoms with van der Waals surface area (Å²) in [5, 5.41) is 3.33. The summed E-state index contributed by atoms with van der Waals surface area (Å²) in [6.07, 6.45) is 0. The summed E-state index contributed by atoms with van der Waals surface area (Å²) < 4.78 is 5.98. The fraction of sp³-hybridized carbons (Fsp3) is 0.273. The largest absolute Gasteiger partial charge is 0.455 e. The standard InChI is InChI=1S/C22H24N2O3/c1-3-24(4-2)14-13-23-22(26)18-12-8-11-17-19(25)15-20(27-21(17)18)16-9-6-5-7-10-16/h5-12,15H,3-4,13-14H2,1-2H3,(H,23,26). The van der Waals surface area contributed by atoms with E-state index < -0.39 is 0 Å². The molecular formula is C22H24N2O3. The number of para-hydroxylation sites is 1. The monoisotopic (exact) mass is 364 g/mol. The second-order valence-corrected chi connectivity index (χ2v) is 6.31. The second-order valence-electron chi connectivity index (χ2n) is 6.31. The third-order valence-electron chi connectivity index (χ3n) is 4.67. The van der Waals surface area contributed by atoms with Crippen molar-refractivity contribution < 1.29 is 9.21 Å². The van der Waals surface area contributed by atoms with Gasteiger partial charge in [-0.2, -0.15) is 0 Å². The molecule has 0 unspecified atom stereocenters. The average molecular weight is 364 g/mol. The molecule has 1 N–H and O–H groups in total. The van der Waals surface area contributed by atoms with Crippen LogP contribution in [-0.4, -0.2) is 37.0 Å². The Morgan fingerprint density at radius 3 is 2.48 bits per heavy atom. The Bertz CT molecular complexity index is 976. The number of carbonyl (C=O) groups is 1. The van der Waals surface area contributed by atoms with Crippen molar-refractivity contribution in [2.75, 3.05) is 26.2 Å². The molecule has 5 nitrogen and oxygen atoms in total. The molecule has 2 aromatic carbocycles. The Morgan fingerprint density at radius 1 is 1.04 bits per heavy atom. The molecule has 0 saturated heterocycles. The summed E-state index contributed by atoms with van der Waals surface area (Å²) in [5.74, 6) is 0.220. The Balaban J connectivity index is 1.92. The van der Waals surface area contributed by atoms with Crippen LogP contribution in [0.2, 0.25) is 0 Å². The van der Waals surface area contributed by atoms with Crippen LogP contribution >= 0.6 is 0 Å². The number of hydrogen-bond donors (Lipinski definition) is 1. The molecule has 3 rings (SSSR count). The van der Waals surface area contributed by atoms with Gasteiger partial charge in [-0.25, -0.2) is 0 Å². The SMILES string of the molecule is CCN(CC)CCNC(=O)c1cccc2c(=O)cc(-c3ccccc3)oc12. The normalized spacial score (nSPS) is 11.1. The van der Waals surface area contributed by atoms with Gasteiger partial charge < -0.3 is 14.6 Å². The van der Waals surface area contributed by atoms with E-state index in [9.17, 15) is 9.59 Å². The predicted octanol–water partition coefficient (Wildman–Crippen LogP) is 3.53. The van der Waals surface area contributed by atoms with Crippen molar-refractivity contribution in [3.8, 4) is 11.3 Å². The zero-order valence-corrected chi connectivity index (χ0v) is 15.7. The molecule has 0 aliphatic rings. The summed E-state index contributed by atoms with van der Waals surface area (Å²) >= 11 is 0. The molecule has 0 aliphatic heterocycles. The number of nitrogens with one attached hydrogen (secondary N) is 1. The first kappa shape index (κ1) is 18.9. The lowest BCUT2D eigenvalue weighted by Crippen LogP contribution is -2.34. The number of amides is 1. The average Bonchev–Trinajstić information content (AvgIpc) is 2.71. The van der Waals surface area contributed by atoms with Crippen LogP contribution in [0.3, 0.4) is 0 Å². The molecule has 1 aromatic heterocycles. The molecule has 1 amide bonds. The van der Waals surface area contributed by atoms with E-state index in [2.05, 4.69) is 24.1 Å². The van der Waals surface area contributed by atoms with Crippen molar-refractivity contribution in [3.63, 3.8) is 0 Å². The van der Waals surface area contributed by atoms with Gasteiger partial charge in [0.15, 0.2) is 11.0 Å². The highest BCUT2D eigenvalue weighted by molar-refractivity contribution is 6.04. The third kappa shape index (κ3) is 4.26. The summed E-state index contributed by atoms with van der Waals surface area (Å²) in [6.45, 7) is 7.39. The summed E-state index contributed by atoms with van der Waals surface area (Å²) in [5.41, 5.74) is 1.34. The Labute approximate surface area is 158 Å². The smallest absolute Gasteiger partial charge is 0.255 e. The quantitative estimate of drug-likeness (QED) is 0.697. The van der Waals surface area contributed by atoms with Crippen molar-refractivity contribution in [3.05, 3.63) is 70.4 Å². The molecule has 5 heteroatoms. The Kier molecular flexibility index (Phi) is 6.04. The van der Waals surface area contributed by atoms with Crippen LogP contribution in [0, 0.1) is 0 Å². The molecule has 0 aliphatic carbocycles. The van der Waals surface area contributed by atoms with E-state index in [1.807, 2.05) is 30.3 Å². The van der Waals surface area contributed by atoms with Gasteiger partial charge in [0.05, 0.1) is 10.9 Å². The maximum Gasteiger partial charge on any atom is 0.255 e. The molecule has 0 radical (unpaired) electrons. The van der Waals surface area contributed by atoms with Gasteiger partial charge in [-0.3, -0.25) is 9.59 Å². The van der Waals surface area contributed by atoms with Gasteiger partial charge in [-0.05, 0) is 25.2 Å². The van der Waals surface area contributed by atoms with Crippen molar-refractivity contribution in [2.24, 2.45) is 0 Å². The molecular weight excluding hydrogens is 340 g/mol. The number of hydrogen-bond acceptors (Lipinski definition) is 4. The van der Waals surface area contributed by atoms with E-state index in [1.165, 1.54) is 6.07 Å². The van der Waals surface area contributed by atoms with Crippen LogP contribution in [-0.2, 0) is 0 Å². The maximum absolute atomic E-state index is 12.7. The van der Waals surface area contributed by atoms with E-state index >= 15 is 0 Å². The van der Waals surface area contributed by atoms with E-state index in [0.717, 1.165) is 25.2 Å². The van der Waals surface area contributed by atoms with E-state index in [-0.39, 0.29) is 11.3 Å². The van der Waals surface area contributed by atoms with E-state index in [4.69, 9.17) is 4.42 Å².